The molecule has 2 aromatic rings. The number of rotatable bonds is 3. The Morgan fingerprint density at radius 2 is 2.29 bits per heavy atom. The topological polar surface area (TPSA) is 37.5 Å². The summed E-state index contributed by atoms with van der Waals surface area (Å²) in [6.07, 6.45) is 6.80. The van der Waals surface area contributed by atoms with Gasteiger partial charge in [0.15, 0.2) is 0 Å². The van der Waals surface area contributed by atoms with Crippen molar-refractivity contribution in [3.63, 3.8) is 0 Å². The maximum Gasteiger partial charge on any atom is 0.124 e. The summed E-state index contributed by atoms with van der Waals surface area (Å²) < 4.78 is 11.8. The van der Waals surface area contributed by atoms with Gasteiger partial charge in [0, 0.05) is 48.4 Å². The van der Waals surface area contributed by atoms with Crippen molar-refractivity contribution in [2.45, 2.75) is 57.7 Å². The highest BCUT2D eigenvalue weighted by Gasteiger charge is 2.41. The van der Waals surface area contributed by atoms with Crippen LogP contribution in [0.25, 0.3) is 10.9 Å². The maximum atomic E-state index is 6.11. The molecule has 0 bridgehead atoms. The predicted molar refractivity (Wildman–Crippen MR) is 96.6 cm³/mol. The average Bonchev–Trinajstić information content (AvgIpc) is 3.22. The molecule has 2 fully saturated rings. The summed E-state index contributed by atoms with van der Waals surface area (Å²) >= 11 is 0. The third kappa shape index (κ3) is 2.62. The van der Waals surface area contributed by atoms with E-state index in [4.69, 9.17) is 9.47 Å². The molecule has 4 rings (SSSR count). The van der Waals surface area contributed by atoms with Crippen LogP contribution in [0.15, 0.2) is 18.3 Å². The molecule has 0 saturated carbocycles. The van der Waals surface area contributed by atoms with Crippen LogP contribution in [0.4, 0.5) is 0 Å². The lowest BCUT2D eigenvalue weighted by atomic mass is 9.84. The highest BCUT2D eigenvalue weighted by Crippen LogP contribution is 2.40. The van der Waals surface area contributed by atoms with E-state index in [1.165, 1.54) is 34.9 Å². The fourth-order valence-corrected chi connectivity index (χ4v) is 4.67. The van der Waals surface area contributed by atoms with E-state index in [-0.39, 0.29) is 5.60 Å². The Morgan fingerprint density at radius 1 is 1.42 bits per heavy atom. The molecule has 1 unspecified atom stereocenters. The van der Waals surface area contributed by atoms with Gasteiger partial charge in [-0.3, -0.25) is 4.90 Å². The van der Waals surface area contributed by atoms with Gasteiger partial charge in [0.05, 0.1) is 12.7 Å². The van der Waals surface area contributed by atoms with Crippen molar-refractivity contribution in [1.82, 2.24) is 9.88 Å². The normalized spacial score (nSPS) is 28.0. The van der Waals surface area contributed by atoms with Gasteiger partial charge in [0.1, 0.15) is 5.75 Å². The summed E-state index contributed by atoms with van der Waals surface area (Å²) in [6.45, 7) is 7.47. The molecule has 1 spiro atoms. The number of aromatic amines is 1. The van der Waals surface area contributed by atoms with Crippen LogP contribution in [-0.4, -0.2) is 41.8 Å². The first-order valence-electron chi connectivity index (χ1n) is 9.13. The molecule has 1 aromatic heterocycles. The first-order chi connectivity index (χ1) is 11.6. The zero-order chi connectivity index (χ0) is 16.7. The summed E-state index contributed by atoms with van der Waals surface area (Å²) in [5, 5.41) is 1.29. The van der Waals surface area contributed by atoms with E-state index in [0.29, 0.717) is 6.04 Å². The first-order valence-corrected chi connectivity index (χ1v) is 9.13. The summed E-state index contributed by atoms with van der Waals surface area (Å²) in [7, 11) is 1.78. The first kappa shape index (κ1) is 16.0. The number of nitrogens with one attached hydrogen (secondary N) is 1. The molecular formula is C20H28N2O2. The smallest absolute Gasteiger partial charge is 0.124 e. The quantitative estimate of drug-likeness (QED) is 0.925. The third-order valence-corrected chi connectivity index (χ3v) is 6.02. The Balaban J connectivity index is 1.60. The van der Waals surface area contributed by atoms with Crippen molar-refractivity contribution < 1.29 is 9.47 Å². The van der Waals surface area contributed by atoms with Crippen LogP contribution in [0.1, 0.15) is 43.7 Å². The molecule has 130 valence electrons. The monoisotopic (exact) mass is 328 g/mol. The molecule has 2 atom stereocenters. The Labute approximate surface area is 144 Å². The van der Waals surface area contributed by atoms with Crippen molar-refractivity contribution in [2.24, 2.45) is 0 Å². The Kier molecular flexibility index (Phi) is 4.05. The van der Waals surface area contributed by atoms with E-state index < -0.39 is 0 Å². The summed E-state index contributed by atoms with van der Waals surface area (Å²) in [5.41, 5.74) is 3.93. The lowest BCUT2D eigenvalue weighted by molar-refractivity contribution is -0.0630. The van der Waals surface area contributed by atoms with Crippen LogP contribution in [0.3, 0.4) is 0 Å². The molecule has 0 amide bonds. The van der Waals surface area contributed by atoms with Crippen molar-refractivity contribution in [2.75, 3.05) is 20.3 Å². The molecule has 1 aromatic carbocycles. The molecule has 2 aliphatic heterocycles. The van der Waals surface area contributed by atoms with Gasteiger partial charge in [-0.1, -0.05) is 0 Å². The van der Waals surface area contributed by atoms with Crippen LogP contribution in [0.2, 0.25) is 0 Å². The molecule has 0 aliphatic carbocycles. The molecule has 1 N–H and O–H groups in total. The van der Waals surface area contributed by atoms with Gasteiger partial charge in [-0.15, -0.1) is 0 Å². The summed E-state index contributed by atoms with van der Waals surface area (Å²) in [4.78, 5) is 5.96. The number of piperidine rings is 1. The van der Waals surface area contributed by atoms with Gasteiger partial charge in [-0.25, -0.2) is 0 Å². The van der Waals surface area contributed by atoms with Gasteiger partial charge < -0.3 is 14.5 Å². The fourth-order valence-electron chi connectivity index (χ4n) is 4.67. The molecule has 0 radical (unpaired) electrons. The molecular weight excluding hydrogens is 300 g/mol. The molecule has 4 nitrogen and oxygen atoms in total. The number of ether oxygens (including phenoxy) is 2. The number of fused-ring (bicyclic) bond motifs is 1. The van der Waals surface area contributed by atoms with Crippen molar-refractivity contribution >= 4 is 10.9 Å². The SMILES string of the molecule is COc1cc(C)c2[nH]ccc2c1CN1CCC2(CCCO2)C[C@H]1C. The number of aryl methyl sites for hydroxylation is 1. The lowest BCUT2D eigenvalue weighted by Gasteiger charge is -2.43. The minimum Gasteiger partial charge on any atom is -0.496 e. The zero-order valence-corrected chi connectivity index (χ0v) is 15.0. The molecule has 4 heteroatoms. The minimum absolute atomic E-state index is 0.163. The summed E-state index contributed by atoms with van der Waals surface area (Å²) in [5.74, 6) is 1.00. The number of methoxy groups -OCH3 is 1. The number of hydrogen-bond donors (Lipinski definition) is 1. The van der Waals surface area contributed by atoms with E-state index in [0.717, 1.165) is 38.3 Å². The van der Waals surface area contributed by atoms with Crippen molar-refractivity contribution in [3.05, 3.63) is 29.5 Å². The summed E-state index contributed by atoms with van der Waals surface area (Å²) in [6, 6.07) is 4.87. The molecule has 24 heavy (non-hydrogen) atoms. The van der Waals surface area contributed by atoms with Crippen LogP contribution in [-0.2, 0) is 11.3 Å². The van der Waals surface area contributed by atoms with Crippen LogP contribution in [0.5, 0.6) is 5.75 Å². The van der Waals surface area contributed by atoms with Gasteiger partial charge in [0.2, 0.25) is 0 Å². The van der Waals surface area contributed by atoms with E-state index in [1.54, 1.807) is 7.11 Å². The second-order valence-electron chi connectivity index (χ2n) is 7.55. The van der Waals surface area contributed by atoms with Crippen molar-refractivity contribution in [3.8, 4) is 5.75 Å². The molecule has 3 heterocycles. The highest BCUT2D eigenvalue weighted by atomic mass is 16.5. The largest absolute Gasteiger partial charge is 0.496 e. The Hall–Kier alpha value is -1.52. The second kappa shape index (κ2) is 6.08. The Bertz CT molecular complexity index is 731. The highest BCUT2D eigenvalue weighted by molar-refractivity contribution is 5.88. The average molecular weight is 328 g/mol. The standard InChI is InChI=1S/C20H28N2O2/c1-14-11-18(23-3)17(16-5-8-21-19(14)16)13-22-9-7-20(12-15(22)2)6-4-10-24-20/h5,8,11,15,21H,4,6-7,9-10,12-13H2,1-3H3/t15-,20?/m1/s1. The number of benzene rings is 1. The van der Waals surface area contributed by atoms with E-state index in [1.807, 2.05) is 6.20 Å². The van der Waals surface area contributed by atoms with Gasteiger partial charge in [0.25, 0.3) is 0 Å². The van der Waals surface area contributed by atoms with E-state index in [9.17, 15) is 0 Å². The Morgan fingerprint density at radius 3 is 3.00 bits per heavy atom. The number of likely N-dealkylation sites (tertiary alicyclic amines) is 1. The van der Waals surface area contributed by atoms with Crippen LogP contribution >= 0.6 is 0 Å². The number of aromatic nitrogens is 1. The number of hydrogen-bond acceptors (Lipinski definition) is 3. The minimum atomic E-state index is 0.163. The van der Waals surface area contributed by atoms with Gasteiger partial charge in [-0.2, -0.15) is 0 Å². The third-order valence-electron chi connectivity index (χ3n) is 6.02. The second-order valence-corrected chi connectivity index (χ2v) is 7.55. The number of nitrogens with zero attached hydrogens (tertiary/aromatic N) is 1. The zero-order valence-electron chi connectivity index (χ0n) is 15.0. The van der Waals surface area contributed by atoms with E-state index in [2.05, 4.69) is 35.9 Å². The van der Waals surface area contributed by atoms with E-state index >= 15 is 0 Å². The molecule has 2 aliphatic rings. The predicted octanol–water partition coefficient (Wildman–Crippen LogP) is 4.02. The molecule has 2 saturated heterocycles. The number of H-pyrrole nitrogens is 1. The van der Waals surface area contributed by atoms with Crippen LogP contribution < -0.4 is 4.74 Å². The maximum absolute atomic E-state index is 6.11. The van der Waals surface area contributed by atoms with Gasteiger partial charge >= 0.3 is 0 Å². The van der Waals surface area contributed by atoms with Crippen molar-refractivity contribution in [1.29, 1.82) is 0 Å². The van der Waals surface area contributed by atoms with Gasteiger partial charge in [-0.05, 0) is 57.2 Å². The fraction of sp³-hybridized carbons (Fsp3) is 0.600. The lowest BCUT2D eigenvalue weighted by Crippen LogP contribution is -2.48. The van der Waals surface area contributed by atoms with Crippen LogP contribution in [0, 0.1) is 6.92 Å².